The van der Waals surface area contributed by atoms with Gasteiger partial charge in [0, 0.05) is 18.5 Å². The zero-order valence-electron chi connectivity index (χ0n) is 17.4. The lowest BCUT2D eigenvalue weighted by Crippen LogP contribution is -2.41. The number of ether oxygens (including phenoxy) is 2. The Morgan fingerprint density at radius 1 is 1.16 bits per heavy atom. The molecule has 162 valence electrons. The molecule has 0 unspecified atom stereocenters. The summed E-state index contributed by atoms with van der Waals surface area (Å²) in [6.45, 7) is 0.362. The molecule has 31 heavy (non-hydrogen) atoms. The average Bonchev–Trinajstić information content (AvgIpc) is 3.27. The number of methoxy groups -OCH3 is 1. The Hall–Kier alpha value is -3.35. The highest BCUT2D eigenvalue weighted by Gasteiger charge is 2.31. The molecular formula is C24H25FN2O4. The van der Waals surface area contributed by atoms with E-state index in [1.807, 2.05) is 24.3 Å². The van der Waals surface area contributed by atoms with Crippen molar-refractivity contribution >= 4 is 5.91 Å². The van der Waals surface area contributed by atoms with E-state index in [1.54, 1.807) is 30.3 Å². The summed E-state index contributed by atoms with van der Waals surface area (Å²) in [6, 6.07) is 13.6. The van der Waals surface area contributed by atoms with E-state index in [1.165, 1.54) is 12.1 Å². The second-order valence-corrected chi connectivity index (χ2v) is 7.47. The summed E-state index contributed by atoms with van der Waals surface area (Å²) in [5.74, 6) is 1.39. The molecule has 1 fully saturated rings. The molecule has 1 aliphatic rings. The van der Waals surface area contributed by atoms with Crippen LogP contribution in [-0.2, 0) is 11.2 Å². The summed E-state index contributed by atoms with van der Waals surface area (Å²) in [6.07, 6.45) is 4.90. The molecule has 2 heterocycles. The van der Waals surface area contributed by atoms with E-state index < -0.39 is 5.82 Å². The van der Waals surface area contributed by atoms with Crippen molar-refractivity contribution in [3.8, 4) is 11.5 Å². The van der Waals surface area contributed by atoms with Gasteiger partial charge in [-0.3, -0.25) is 4.79 Å². The van der Waals surface area contributed by atoms with Crippen LogP contribution in [0.1, 0.15) is 42.5 Å². The summed E-state index contributed by atoms with van der Waals surface area (Å²) >= 11 is 0. The third kappa shape index (κ3) is 4.87. The first kappa shape index (κ1) is 20.9. The molecule has 1 atom stereocenters. The third-order valence-electron chi connectivity index (χ3n) is 5.42. The van der Waals surface area contributed by atoms with E-state index in [-0.39, 0.29) is 24.3 Å². The van der Waals surface area contributed by atoms with Gasteiger partial charge < -0.3 is 18.8 Å². The lowest BCUT2D eigenvalue weighted by Gasteiger charge is -2.33. The minimum atomic E-state index is -0.487. The number of rotatable bonds is 7. The van der Waals surface area contributed by atoms with Crippen LogP contribution in [0.25, 0.3) is 0 Å². The Labute approximate surface area is 180 Å². The number of carbonyl (C=O) groups excluding carboxylic acids is 1. The van der Waals surface area contributed by atoms with Gasteiger partial charge in [-0.15, -0.1) is 0 Å². The van der Waals surface area contributed by atoms with Gasteiger partial charge in [0.2, 0.25) is 5.89 Å². The average molecular weight is 424 g/mol. The van der Waals surface area contributed by atoms with E-state index in [9.17, 15) is 9.18 Å². The zero-order valence-corrected chi connectivity index (χ0v) is 17.4. The summed E-state index contributed by atoms with van der Waals surface area (Å²) in [7, 11) is 1.64. The molecule has 1 aromatic heterocycles. The van der Waals surface area contributed by atoms with Crippen molar-refractivity contribution in [3.63, 3.8) is 0 Å². The first-order valence-corrected chi connectivity index (χ1v) is 10.4. The number of para-hydroxylation sites is 2. The first-order valence-electron chi connectivity index (χ1n) is 10.4. The van der Waals surface area contributed by atoms with Gasteiger partial charge in [-0.05, 0) is 37.5 Å². The van der Waals surface area contributed by atoms with Gasteiger partial charge in [-0.1, -0.05) is 30.3 Å². The predicted molar refractivity (Wildman–Crippen MR) is 113 cm³/mol. The van der Waals surface area contributed by atoms with Crippen molar-refractivity contribution in [2.24, 2.45) is 0 Å². The summed E-state index contributed by atoms with van der Waals surface area (Å²) in [4.78, 5) is 19.0. The predicted octanol–water partition coefficient (Wildman–Crippen LogP) is 4.55. The molecule has 0 saturated carbocycles. The van der Waals surface area contributed by atoms with E-state index in [0.29, 0.717) is 24.6 Å². The second kappa shape index (κ2) is 9.64. The van der Waals surface area contributed by atoms with Crippen molar-refractivity contribution in [2.75, 3.05) is 20.3 Å². The largest absolute Gasteiger partial charge is 0.496 e. The molecule has 0 N–H and O–H groups in total. The summed E-state index contributed by atoms with van der Waals surface area (Å²) in [5, 5.41) is 0. The molecule has 3 aromatic rings. The minimum Gasteiger partial charge on any atom is -0.496 e. The van der Waals surface area contributed by atoms with Crippen molar-refractivity contribution in [1.82, 2.24) is 9.88 Å². The fourth-order valence-corrected chi connectivity index (χ4v) is 3.87. The maximum atomic E-state index is 13.8. The van der Waals surface area contributed by atoms with Gasteiger partial charge in [0.05, 0.1) is 13.3 Å². The number of aromatic nitrogens is 1. The summed E-state index contributed by atoms with van der Waals surface area (Å²) < 4.78 is 30.6. The molecule has 0 spiro atoms. The molecule has 1 aliphatic heterocycles. The highest BCUT2D eigenvalue weighted by molar-refractivity contribution is 5.78. The van der Waals surface area contributed by atoms with E-state index >= 15 is 0 Å². The van der Waals surface area contributed by atoms with Crippen LogP contribution in [0.4, 0.5) is 4.39 Å². The normalized spacial score (nSPS) is 16.2. The van der Waals surface area contributed by atoms with Gasteiger partial charge in [-0.25, -0.2) is 9.37 Å². The molecule has 6 nitrogen and oxygen atoms in total. The van der Waals surface area contributed by atoms with Gasteiger partial charge in [0.25, 0.3) is 5.91 Å². The third-order valence-corrected chi connectivity index (χ3v) is 5.42. The number of hydrogen-bond donors (Lipinski definition) is 0. The van der Waals surface area contributed by atoms with Crippen molar-refractivity contribution in [2.45, 2.75) is 31.7 Å². The maximum Gasteiger partial charge on any atom is 0.261 e. The monoisotopic (exact) mass is 424 g/mol. The molecule has 7 heteroatoms. The fourth-order valence-electron chi connectivity index (χ4n) is 3.87. The molecule has 4 rings (SSSR count). The molecule has 0 radical (unpaired) electrons. The van der Waals surface area contributed by atoms with Gasteiger partial charge >= 0.3 is 0 Å². The Balaban J connectivity index is 1.45. The molecular weight excluding hydrogens is 399 g/mol. The van der Waals surface area contributed by atoms with Crippen LogP contribution in [0.5, 0.6) is 11.5 Å². The Kier molecular flexibility index (Phi) is 6.50. The first-order chi connectivity index (χ1) is 15.2. The van der Waals surface area contributed by atoms with Crippen LogP contribution in [-0.4, -0.2) is 36.1 Å². The second-order valence-electron chi connectivity index (χ2n) is 7.47. The minimum absolute atomic E-state index is 0.0691. The number of nitrogens with zero attached hydrogens (tertiary/aromatic N) is 2. The van der Waals surface area contributed by atoms with E-state index in [4.69, 9.17) is 13.9 Å². The smallest absolute Gasteiger partial charge is 0.261 e. The lowest BCUT2D eigenvalue weighted by atomic mass is 10.0. The topological polar surface area (TPSA) is 64.8 Å². The van der Waals surface area contributed by atoms with Crippen LogP contribution in [0.2, 0.25) is 0 Å². The van der Waals surface area contributed by atoms with Gasteiger partial charge in [-0.2, -0.15) is 0 Å². The van der Waals surface area contributed by atoms with Crippen molar-refractivity contribution in [3.05, 3.63) is 77.8 Å². The quantitative estimate of drug-likeness (QED) is 0.557. The number of amides is 1. The van der Waals surface area contributed by atoms with Crippen LogP contribution >= 0.6 is 0 Å². The van der Waals surface area contributed by atoms with Crippen LogP contribution in [0.15, 0.2) is 59.1 Å². The molecule has 0 aliphatic carbocycles. The van der Waals surface area contributed by atoms with Crippen molar-refractivity contribution < 1.29 is 23.1 Å². The SMILES string of the molecule is COc1ccccc1Cc1cnc([C@@H]2CCCCN2C(=O)COc2ccccc2F)o1. The van der Waals surface area contributed by atoms with Crippen LogP contribution < -0.4 is 9.47 Å². The Morgan fingerprint density at radius 3 is 2.74 bits per heavy atom. The zero-order chi connectivity index (χ0) is 21.6. The lowest BCUT2D eigenvalue weighted by molar-refractivity contribution is -0.137. The molecule has 2 aromatic carbocycles. The molecule has 0 bridgehead atoms. The molecule has 1 saturated heterocycles. The van der Waals surface area contributed by atoms with E-state index in [2.05, 4.69) is 4.98 Å². The number of likely N-dealkylation sites (tertiary alicyclic amines) is 1. The number of halogens is 1. The fraction of sp³-hybridized carbons (Fsp3) is 0.333. The number of carbonyl (C=O) groups is 1. The highest BCUT2D eigenvalue weighted by Crippen LogP contribution is 2.32. The highest BCUT2D eigenvalue weighted by atomic mass is 19.1. The van der Waals surface area contributed by atoms with Crippen LogP contribution in [0.3, 0.4) is 0 Å². The maximum absolute atomic E-state index is 13.8. The summed E-state index contributed by atoms with van der Waals surface area (Å²) in [5.41, 5.74) is 1.00. The Bertz CT molecular complexity index is 1040. The number of hydrogen-bond acceptors (Lipinski definition) is 5. The van der Waals surface area contributed by atoms with Gasteiger partial charge in [0.1, 0.15) is 17.6 Å². The van der Waals surface area contributed by atoms with Gasteiger partial charge in [0.15, 0.2) is 18.2 Å². The van der Waals surface area contributed by atoms with Crippen LogP contribution in [0, 0.1) is 5.82 Å². The standard InChI is InChI=1S/C24H25FN2O4/c1-29-21-11-4-2-8-17(21)14-18-15-26-24(31-18)20-10-6-7-13-27(20)23(28)16-30-22-12-5-3-9-19(22)25/h2-5,8-9,11-12,15,20H,6-7,10,13-14,16H2,1H3/t20-/m0/s1. The van der Waals surface area contributed by atoms with E-state index in [0.717, 1.165) is 30.6 Å². The number of oxazole rings is 1. The molecule has 1 amide bonds. The number of benzene rings is 2. The Morgan fingerprint density at radius 2 is 1.94 bits per heavy atom. The van der Waals surface area contributed by atoms with Crippen molar-refractivity contribution in [1.29, 1.82) is 0 Å². The number of piperidine rings is 1.